The Kier molecular flexibility index (Phi) is 6.95. The maximum absolute atomic E-state index is 12.1. The molecule has 1 fully saturated rings. The summed E-state index contributed by atoms with van der Waals surface area (Å²) in [6.45, 7) is 1.27. The molecule has 1 aliphatic carbocycles. The van der Waals surface area contributed by atoms with E-state index in [9.17, 15) is 9.59 Å². The van der Waals surface area contributed by atoms with Gasteiger partial charge in [-0.25, -0.2) is 0 Å². The lowest BCUT2D eigenvalue weighted by Crippen LogP contribution is -2.45. The fraction of sp³-hybridized carbons (Fsp3) is 0.857. The van der Waals surface area contributed by atoms with Crippen LogP contribution in [0, 0.1) is 0 Å². The van der Waals surface area contributed by atoms with Crippen LogP contribution >= 0.6 is 0 Å². The van der Waals surface area contributed by atoms with E-state index in [-0.39, 0.29) is 23.9 Å². The number of carbonyl (C=O) groups excluding carboxylic acids is 2. The van der Waals surface area contributed by atoms with Gasteiger partial charge < -0.3 is 20.7 Å². The number of nitrogens with one attached hydrogen (secondary N) is 1. The van der Waals surface area contributed by atoms with E-state index in [0.29, 0.717) is 19.6 Å². The van der Waals surface area contributed by atoms with Gasteiger partial charge in [-0.15, -0.1) is 0 Å². The predicted molar refractivity (Wildman–Crippen MR) is 77.1 cm³/mol. The van der Waals surface area contributed by atoms with E-state index < -0.39 is 0 Å². The highest BCUT2D eigenvalue weighted by atomic mass is 16.5. The Morgan fingerprint density at radius 2 is 2.00 bits per heavy atom. The van der Waals surface area contributed by atoms with E-state index in [1.807, 2.05) is 0 Å². The number of amides is 2. The molecule has 20 heavy (non-hydrogen) atoms. The van der Waals surface area contributed by atoms with Crippen LogP contribution in [0.3, 0.4) is 0 Å². The van der Waals surface area contributed by atoms with Gasteiger partial charge in [0.25, 0.3) is 0 Å². The number of hydrogen-bond donors (Lipinski definition) is 2. The third-order valence-electron chi connectivity index (χ3n) is 3.76. The molecule has 0 radical (unpaired) electrons. The predicted octanol–water partition coefficient (Wildman–Crippen LogP) is 0.259. The minimum Gasteiger partial charge on any atom is -0.385 e. The monoisotopic (exact) mass is 285 g/mol. The van der Waals surface area contributed by atoms with E-state index in [2.05, 4.69) is 5.32 Å². The Morgan fingerprint density at radius 1 is 1.35 bits per heavy atom. The van der Waals surface area contributed by atoms with Crippen molar-refractivity contribution in [2.75, 3.05) is 33.9 Å². The average molecular weight is 285 g/mol. The molecule has 3 N–H and O–H groups in total. The number of nitrogens with zero attached hydrogens (tertiary/aromatic N) is 1. The maximum atomic E-state index is 12.1. The summed E-state index contributed by atoms with van der Waals surface area (Å²) in [5.74, 6) is -0.198. The van der Waals surface area contributed by atoms with Gasteiger partial charge in [0.05, 0.1) is 6.54 Å². The SMILES string of the molecule is COCCCNC(=O)CN(C)C(=O)CC1(N)CCCC1. The summed E-state index contributed by atoms with van der Waals surface area (Å²) >= 11 is 0. The highest BCUT2D eigenvalue weighted by Gasteiger charge is 2.32. The highest BCUT2D eigenvalue weighted by molar-refractivity contribution is 5.85. The molecule has 6 nitrogen and oxygen atoms in total. The number of ether oxygens (including phenoxy) is 1. The van der Waals surface area contributed by atoms with Gasteiger partial charge in [0.15, 0.2) is 0 Å². The molecule has 0 aromatic rings. The standard InChI is InChI=1S/C14H27N3O3/c1-17(11-12(18)16-8-5-9-20-2)13(19)10-14(15)6-3-4-7-14/h3-11,15H2,1-2H3,(H,16,18). The zero-order valence-corrected chi connectivity index (χ0v) is 12.6. The maximum Gasteiger partial charge on any atom is 0.239 e. The normalized spacial score (nSPS) is 16.9. The van der Waals surface area contributed by atoms with Crippen molar-refractivity contribution in [3.8, 4) is 0 Å². The van der Waals surface area contributed by atoms with Crippen molar-refractivity contribution in [2.24, 2.45) is 5.73 Å². The summed E-state index contributed by atoms with van der Waals surface area (Å²) < 4.78 is 4.90. The molecule has 0 heterocycles. The Morgan fingerprint density at radius 3 is 2.60 bits per heavy atom. The molecule has 0 saturated heterocycles. The number of hydrogen-bond acceptors (Lipinski definition) is 4. The van der Waals surface area contributed by atoms with Crippen LogP contribution in [-0.2, 0) is 14.3 Å². The molecule has 116 valence electrons. The van der Waals surface area contributed by atoms with E-state index in [1.165, 1.54) is 4.90 Å². The topological polar surface area (TPSA) is 84.7 Å². The highest BCUT2D eigenvalue weighted by Crippen LogP contribution is 2.30. The van der Waals surface area contributed by atoms with Crippen molar-refractivity contribution in [1.29, 1.82) is 0 Å². The lowest BCUT2D eigenvalue weighted by atomic mass is 9.94. The summed E-state index contributed by atoms with van der Waals surface area (Å²) in [7, 11) is 3.27. The van der Waals surface area contributed by atoms with Crippen molar-refractivity contribution >= 4 is 11.8 Å². The van der Waals surface area contributed by atoms with Crippen LogP contribution in [0.2, 0.25) is 0 Å². The molecule has 0 aromatic carbocycles. The molecular formula is C14H27N3O3. The van der Waals surface area contributed by atoms with Crippen molar-refractivity contribution in [1.82, 2.24) is 10.2 Å². The first-order chi connectivity index (χ1) is 9.47. The zero-order chi connectivity index (χ0) is 15.0. The Balaban J connectivity index is 2.25. The van der Waals surface area contributed by atoms with Gasteiger partial charge in [-0.1, -0.05) is 12.8 Å². The second-order valence-corrected chi connectivity index (χ2v) is 5.69. The zero-order valence-electron chi connectivity index (χ0n) is 12.6. The van der Waals surface area contributed by atoms with Crippen LogP contribution in [0.15, 0.2) is 0 Å². The molecular weight excluding hydrogens is 258 g/mol. The summed E-state index contributed by atoms with van der Waals surface area (Å²) in [5.41, 5.74) is 5.82. The molecule has 0 aromatic heterocycles. The third kappa shape index (κ3) is 5.88. The molecule has 0 bridgehead atoms. The number of likely N-dealkylation sites (N-methyl/N-ethyl adjacent to an activating group) is 1. The lowest BCUT2D eigenvalue weighted by Gasteiger charge is -2.26. The van der Waals surface area contributed by atoms with Gasteiger partial charge >= 0.3 is 0 Å². The van der Waals surface area contributed by atoms with Crippen molar-refractivity contribution < 1.29 is 14.3 Å². The molecule has 0 unspecified atom stereocenters. The van der Waals surface area contributed by atoms with Crippen LogP contribution in [0.5, 0.6) is 0 Å². The quantitative estimate of drug-likeness (QED) is 0.627. The minimum absolute atomic E-state index is 0.0542. The average Bonchev–Trinajstić information content (AvgIpc) is 2.81. The fourth-order valence-electron chi connectivity index (χ4n) is 2.50. The lowest BCUT2D eigenvalue weighted by molar-refractivity contribution is -0.135. The first kappa shape index (κ1) is 16.9. The van der Waals surface area contributed by atoms with Crippen LogP contribution in [0.4, 0.5) is 0 Å². The first-order valence-electron chi connectivity index (χ1n) is 7.25. The van der Waals surface area contributed by atoms with Gasteiger partial charge in [0, 0.05) is 39.3 Å². The van der Waals surface area contributed by atoms with Crippen molar-refractivity contribution in [2.45, 2.75) is 44.1 Å². The first-order valence-corrected chi connectivity index (χ1v) is 7.25. The van der Waals surface area contributed by atoms with E-state index >= 15 is 0 Å². The van der Waals surface area contributed by atoms with Crippen LogP contribution in [0.1, 0.15) is 38.5 Å². The molecule has 1 saturated carbocycles. The van der Waals surface area contributed by atoms with Gasteiger partial charge in [-0.2, -0.15) is 0 Å². The Hall–Kier alpha value is -1.14. The number of rotatable bonds is 8. The molecule has 0 atom stereocenters. The van der Waals surface area contributed by atoms with Gasteiger partial charge in [-0.3, -0.25) is 9.59 Å². The molecule has 1 rings (SSSR count). The van der Waals surface area contributed by atoms with Crippen LogP contribution < -0.4 is 11.1 Å². The second-order valence-electron chi connectivity index (χ2n) is 5.69. The molecule has 0 spiro atoms. The minimum atomic E-state index is -0.361. The third-order valence-corrected chi connectivity index (χ3v) is 3.76. The fourth-order valence-corrected chi connectivity index (χ4v) is 2.50. The molecule has 6 heteroatoms. The van der Waals surface area contributed by atoms with Crippen LogP contribution in [-0.4, -0.2) is 56.1 Å². The van der Waals surface area contributed by atoms with E-state index in [0.717, 1.165) is 32.1 Å². The number of methoxy groups -OCH3 is 1. The Bertz CT molecular complexity index is 328. The van der Waals surface area contributed by atoms with Crippen molar-refractivity contribution in [3.05, 3.63) is 0 Å². The van der Waals surface area contributed by atoms with Crippen LogP contribution in [0.25, 0.3) is 0 Å². The largest absolute Gasteiger partial charge is 0.385 e. The number of nitrogens with two attached hydrogens (primary N) is 1. The van der Waals surface area contributed by atoms with Gasteiger partial charge in [0.2, 0.25) is 11.8 Å². The summed E-state index contributed by atoms with van der Waals surface area (Å²) in [6, 6.07) is 0. The number of carbonyl (C=O) groups is 2. The summed E-state index contributed by atoms with van der Waals surface area (Å²) in [5, 5.41) is 2.76. The Labute approximate surface area is 121 Å². The van der Waals surface area contributed by atoms with E-state index in [4.69, 9.17) is 10.5 Å². The molecule has 2 amide bonds. The summed E-state index contributed by atoms with van der Waals surface area (Å²) in [4.78, 5) is 25.2. The van der Waals surface area contributed by atoms with Crippen molar-refractivity contribution in [3.63, 3.8) is 0 Å². The van der Waals surface area contributed by atoms with E-state index in [1.54, 1.807) is 14.2 Å². The molecule has 0 aliphatic heterocycles. The molecule has 1 aliphatic rings. The van der Waals surface area contributed by atoms with Gasteiger partial charge in [0.1, 0.15) is 0 Å². The summed E-state index contributed by atoms with van der Waals surface area (Å²) in [6.07, 6.45) is 5.08. The smallest absolute Gasteiger partial charge is 0.239 e. The second kappa shape index (κ2) is 8.21. The van der Waals surface area contributed by atoms with Gasteiger partial charge in [-0.05, 0) is 19.3 Å².